The molecule has 3 aliphatic carbocycles. The molecule has 0 saturated heterocycles. The Morgan fingerprint density at radius 3 is 2.81 bits per heavy atom. The molecule has 0 fully saturated rings. The second-order valence-corrected chi connectivity index (χ2v) is 7.44. The van der Waals surface area contributed by atoms with Crippen molar-refractivity contribution in [3.05, 3.63) is 100 Å². The topological polar surface area (TPSA) is 23.8 Å². The van der Waals surface area contributed by atoms with Crippen molar-refractivity contribution in [2.75, 3.05) is 0 Å². The summed E-state index contributed by atoms with van der Waals surface area (Å²) in [5, 5.41) is 10.2. The van der Waals surface area contributed by atoms with Crippen molar-refractivity contribution in [2.24, 2.45) is 0 Å². The zero-order valence-corrected chi connectivity index (χ0v) is 16.0. The smallest absolute Gasteiger partial charge is 0.100 e. The molecule has 1 unspecified atom stereocenters. The Kier molecular flexibility index (Phi) is 4.82. The Morgan fingerprint density at radius 1 is 1.22 bits per heavy atom. The molecule has 134 valence electrons. The minimum atomic E-state index is 0.267. The van der Waals surface area contributed by atoms with Crippen molar-refractivity contribution in [1.29, 1.82) is 5.26 Å². The predicted molar refractivity (Wildman–Crippen MR) is 113 cm³/mol. The molecule has 27 heavy (non-hydrogen) atoms. The molecule has 0 amide bonds. The minimum Gasteiger partial charge on any atom is -0.192 e. The van der Waals surface area contributed by atoms with Crippen LogP contribution in [0.3, 0.4) is 0 Å². The van der Waals surface area contributed by atoms with Gasteiger partial charge in [-0.25, -0.2) is 0 Å². The zero-order valence-electron chi connectivity index (χ0n) is 16.0. The summed E-state index contributed by atoms with van der Waals surface area (Å²) in [5.74, 6) is 0.267. The van der Waals surface area contributed by atoms with Gasteiger partial charge in [-0.3, -0.25) is 0 Å². The van der Waals surface area contributed by atoms with Gasteiger partial charge in [0.05, 0.1) is 5.57 Å². The van der Waals surface area contributed by atoms with Crippen LogP contribution in [0.15, 0.2) is 89.1 Å². The number of hydrogen-bond donors (Lipinski definition) is 0. The van der Waals surface area contributed by atoms with Crippen LogP contribution < -0.4 is 0 Å². The molecule has 0 saturated carbocycles. The normalized spacial score (nSPS) is 22.7. The predicted octanol–water partition coefficient (Wildman–Crippen LogP) is 6.95. The second-order valence-electron chi connectivity index (χ2n) is 7.44. The zero-order chi connectivity index (χ0) is 18.8. The van der Waals surface area contributed by atoms with Crippen LogP contribution in [0.5, 0.6) is 0 Å². The molecule has 0 N–H and O–H groups in total. The first-order valence-corrected chi connectivity index (χ1v) is 9.95. The van der Waals surface area contributed by atoms with Gasteiger partial charge in [0.25, 0.3) is 0 Å². The van der Waals surface area contributed by atoms with Crippen molar-refractivity contribution in [1.82, 2.24) is 0 Å². The van der Waals surface area contributed by atoms with Crippen LogP contribution in [0.1, 0.15) is 56.1 Å². The van der Waals surface area contributed by atoms with Crippen molar-refractivity contribution < 1.29 is 0 Å². The van der Waals surface area contributed by atoms with E-state index in [-0.39, 0.29) is 5.92 Å². The molecular weight excluding hydrogens is 326 g/mol. The van der Waals surface area contributed by atoms with E-state index < -0.39 is 0 Å². The van der Waals surface area contributed by atoms with E-state index in [2.05, 4.69) is 74.2 Å². The fourth-order valence-electron chi connectivity index (χ4n) is 4.58. The quantitative estimate of drug-likeness (QED) is 0.427. The highest BCUT2D eigenvalue weighted by molar-refractivity contribution is 5.93. The van der Waals surface area contributed by atoms with Crippen LogP contribution in [0.25, 0.3) is 5.57 Å². The van der Waals surface area contributed by atoms with Gasteiger partial charge in [0.2, 0.25) is 0 Å². The third-order valence-corrected chi connectivity index (χ3v) is 5.72. The van der Waals surface area contributed by atoms with Gasteiger partial charge in [-0.05, 0) is 59.1 Å². The highest BCUT2D eigenvalue weighted by Crippen LogP contribution is 2.50. The van der Waals surface area contributed by atoms with E-state index in [0.717, 1.165) is 48.8 Å². The summed E-state index contributed by atoms with van der Waals surface area (Å²) in [7, 11) is 0. The summed E-state index contributed by atoms with van der Waals surface area (Å²) in [4.78, 5) is 0. The van der Waals surface area contributed by atoms with E-state index in [0.29, 0.717) is 0 Å². The van der Waals surface area contributed by atoms with Crippen molar-refractivity contribution in [3.8, 4) is 6.07 Å². The average molecular weight is 351 g/mol. The van der Waals surface area contributed by atoms with E-state index in [4.69, 9.17) is 0 Å². The molecule has 1 nitrogen and oxygen atoms in total. The lowest BCUT2D eigenvalue weighted by Gasteiger charge is -2.35. The van der Waals surface area contributed by atoms with Gasteiger partial charge in [0.1, 0.15) is 6.07 Å². The number of rotatable bonds is 3. The molecule has 1 atom stereocenters. The van der Waals surface area contributed by atoms with Gasteiger partial charge in [0.15, 0.2) is 0 Å². The number of nitrogens with zero attached hydrogens (tertiary/aromatic N) is 1. The summed E-state index contributed by atoms with van der Waals surface area (Å²) in [6, 6.07) is 11.2. The minimum absolute atomic E-state index is 0.267. The third-order valence-electron chi connectivity index (χ3n) is 5.72. The molecule has 0 heterocycles. The molecule has 4 rings (SSSR count). The van der Waals surface area contributed by atoms with Crippen LogP contribution >= 0.6 is 0 Å². The van der Waals surface area contributed by atoms with Gasteiger partial charge >= 0.3 is 0 Å². The maximum Gasteiger partial charge on any atom is 0.100 e. The summed E-state index contributed by atoms with van der Waals surface area (Å²) in [6.07, 6.45) is 16.1. The number of benzene rings is 1. The van der Waals surface area contributed by atoms with E-state index in [1.807, 2.05) is 0 Å². The van der Waals surface area contributed by atoms with Gasteiger partial charge in [-0.2, -0.15) is 5.26 Å². The first-order valence-electron chi connectivity index (χ1n) is 9.95. The molecule has 1 heteroatoms. The van der Waals surface area contributed by atoms with Crippen LogP contribution in [-0.2, 0) is 0 Å². The van der Waals surface area contributed by atoms with Crippen LogP contribution in [-0.4, -0.2) is 0 Å². The Morgan fingerprint density at radius 2 is 2.07 bits per heavy atom. The average Bonchev–Trinajstić information content (AvgIpc) is 2.71. The molecule has 0 spiro atoms. The number of nitriles is 1. The SMILES string of the molecule is C=C1CC=CC2C1=C(CCC)/C(=C(/C#N)C1=CCCC=C1)c1ccccc12. The Hall–Kier alpha value is -2.85. The maximum atomic E-state index is 10.2. The third kappa shape index (κ3) is 2.96. The van der Waals surface area contributed by atoms with Crippen molar-refractivity contribution in [3.63, 3.8) is 0 Å². The van der Waals surface area contributed by atoms with E-state index in [1.165, 1.54) is 27.8 Å². The standard InChI is InChI=1S/C26H25N/c1-3-10-23-25-18(2)11-9-16-21(25)20-14-7-8-15-22(20)26(23)24(17-27)19-12-5-4-6-13-19/h5,7-9,12-16,21H,2-4,6,10-11H2,1H3/b26-24-. The highest BCUT2D eigenvalue weighted by atomic mass is 14.4. The van der Waals surface area contributed by atoms with Crippen LogP contribution in [0, 0.1) is 11.3 Å². The first-order chi connectivity index (χ1) is 13.3. The van der Waals surface area contributed by atoms with E-state index in [9.17, 15) is 5.26 Å². The lowest BCUT2D eigenvalue weighted by atomic mass is 9.68. The van der Waals surface area contributed by atoms with Crippen molar-refractivity contribution >= 4 is 5.57 Å². The molecule has 1 aromatic rings. The monoisotopic (exact) mass is 351 g/mol. The summed E-state index contributed by atoms with van der Waals surface area (Å²) in [6.45, 7) is 6.61. The Labute approximate surface area is 162 Å². The molecular formula is C26H25N. The van der Waals surface area contributed by atoms with Gasteiger partial charge < -0.3 is 0 Å². The number of hydrogen-bond acceptors (Lipinski definition) is 1. The summed E-state index contributed by atoms with van der Waals surface area (Å²) >= 11 is 0. The fourth-order valence-corrected chi connectivity index (χ4v) is 4.58. The molecule has 0 aromatic heterocycles. The Bertz CT molecular complexity index is 985. The van der Waals surface area contributed by atoms with Gasteiger partial charge in [0, 0.05) is 11.5 Å². The largest absolute Gasteiger partial charge is 0.192 e. The van der Waals surface area contributed by atoms with Crippen molar-refractivity contribution in [2.45, 2.75) is 44.9 Å². The maximum absolute atomic E-state index is 10.2. The van der Waals surface area contributed by atoms with E-state index in [1.54, 1.807) is 0 Å². The fraction of sp³-hybridized carbons (Fsp3) is 0.269. The highest BCUT2D eigenvalue weighted by Gasteiger charge is 2.33. The lowest BCUT2D eigenvalue weighted by Crippen LogP contribution is -2.18. The Balaban J connectivity index is 2.07. The molecule has 0 bridgehead atoms. The first kappa shape index (κ1) is 17.6. The lowest BCUT2D eigenvalue weighted by molar-refractivity contribution is 0.850. The van der Waals surface area contributed by atoms with Gasteiger partial charge in [-0.15, -0.1) is 0 Å². The van der Waals surface area contributed by atoms with E-state index >= 15 is 0 Å². The second kappa shape index (κ2) is 7.41. The molecule has 0 aliphatic heterocycles. The summed E-state index contributed by atoms with van der Waals surface area (Å²) < 4.78 is 0. The summed E-state index contributed by atoms with van der Waals surface area (Å²) in [5.41, 5.74) is 9.40. The number of fused-ring (bicyclic) bond motifs is 3. The molecule has 1 aromatic carbocycles. The van der Waals surface area contributed by atoms with Crippen LogP contribution in [0.2, 0.25) is 0 Å². The molecule has 0 radical (unpaired) electrons. The van der Waals surface area contributed by atoms with Gasteiger partial charge in [-0.1, -0.05) is 74.6 Å². The van der Waals surface area contributed by atoms with Crippen LogP contribution in [0.4, 0.5) is 0 Å². The number of allylic oxidation sites excluding steroid dienone is 11. The molecule has 3 aliphatic rings.